The number of alkyl carbamates (subject to hydrolysis) is 1. The van der Waals surface area contributed by atoms with E-state index in [1.165, 1.54) is 0 Å². The van der Waals surface area contributed by atoms with Gasteiger partial charge in [0.2, 0.25) is 0 Å². The third-order valence-corrected chi connectivity index (χ3v) is 2.38. The highest BCUT2D eigenvalue weighted by molar-refractivity contribution is 5.68. The maximum Gasteiger partial charge on any atom is 0.407 e. The van der Waals surface area contributed by atoms with Crippen LogP contribution in [0.5, 0.6) is 0 Å². The molecule has 1 aliphatic rings. The molecule has 5 heteroatoms. The van der Waals surface area contributed by atoms with Crippen molar-refractivity contribution in [3.8, 4) is 6.07 Å². The second-order valence-electron chi connectivity index (χ2n) is 5.48. The van der Waals surface area contributed by atoms with E-state index in [0.29, 0.717) is 6.04 Å². The molecule has 0 aliphatic heterocycles. The van der Waals surface area contributed by atoms with E-state index in [1.54, 1.807) is 6.92 Å². The van der Waals surface area contributed by atoms with Crippen molar-refractivity contribution in [1.82, 2.24) is 10.6 Å². The van der Waals surface area contributed by atoms with Crippen molar-refractivity contribution in [1.29, 1.82) is 5.26 Å². The average molecular weight is 239 g/mol. The minimum absolute atomic E-state index is 0.268. The molecule has 1 aliphatic carbocycles. The number of ether oxygens (including phenoxy) is 1. The van der Waals surface area contributed by atoms with Crippen LogP contribution < -0.4 is 10.6 Å². The molecule has 96 valence electrons. The van der Waals surface area contributed by atoms with Gasteiger partial charge in [-0.05, 0) is 40.5 Å². The second kappa shape index (κ2) is 5.37. The lowest BCUT2D eigenvalue weighted by Crippen LogP contribution is -2.49. The minimum Gasteiger partial charge on any atom is -0.444 e. The Morgan fingerprint density at radius 1 is 1.47 bits per heavy atom. The SMILES string of the molecule is CC(NC(=O)OC(C)(C)C)C(C#N)NC1CC1. The van der Waals surface area contributed by atoms with E-state index in [2.05, 4.69) is 16.7 Å². The first kappa shape index (κ1) is 13.8. The third-order valence-electron chi connectivity index (χ3n) is 2.38. The van der Waals surface area contributed by atoms with Gasteiger partial charge in [-0.1, -0.05) is 0 Å². The van der Waals surface area contributed by atoms with Crippen molar-refractivity contribution in [2.75, 3.05) is 0 Å². The van der Waals surface area contributed by atoms with Crippen LogP contribution in [0.25, 0.3) is 0 Å². The molecule has 2 atom stereocenters. The number of hydrogen-bond acceptors (Lipinski definition) is 4. The minimum atomic E-state index is -0.518. The summed E-state index contributed by atoms with van der Waals surface area (Å²) in [5, 5.41) is 14.9. The van der Waals surface area contributed by atoms with Gasteiger partial charge in [-0.15, -0.1) is 0 Å². The van der Waals surface area contributed by atoms with E-state index in [0.717, 1.165) is 12.8 Å². The van der Waals surface area contributed by atoms with E-state index >= 15 is 0 Å². The molecule has 0 radical (unpaired) electrons. The normalized spacial score (nSPS) is 19.0. The smallest absolute Gasteiger partial charge is 0.407 e. The molecular formula is C12H21N3O2. The van der Waals surface area contributed by atoms with Crippen molar-refractivity contribution in [2.24, 2.45) is 0 Å². The van der Waals surface area contributed by atoms with Crippen LogP contribution in [0.3, 0.4) is 0 Å². The maximum absolute atomic E-state index is 11.5. The zero-order valence-electron chi connectivity index (χ0n) is 10.9. The summed E-state index contributed by atoms with van der Waals surface area (Å²) in [6.45, 7) is 7.22. The summed E-state index contributed by atoms with van der Waals surface area (Å²) in [6, 6.07) is 1.96. The first-order valence-electron chi connectivity index (χ1n) is 5.97. The van der Waals surface area contributed by atoms with Crippen LogP contribution in [0.1, 0.15) is 40.5 Å². The van der Waals surface area contributed by atoms with Crippen LogP contribution in [-0.2, 0) is 4.74 Å². The third kappa shape index (κ3) is 5.55. The fraction of sp³-hybridized carbons (Fsp3) is 0.833. The lowest BCUT2D eigenvalue weighted by Gasteiger charge is -2.24. The van der Waals surface area contributed by atoms with Gasteiger partial charge in [0.25, 0.3) is 0 Å². The number of hydrogen-bond donors (Lipinski definition) is 2. The van der Waals surface area contributed by atoms with Gasteiger partial charge < -0.3 is 10.1 Å². The molecule has 1 amide bonds. The van der Waals surface area contributed by atoms with Gasteiger partial charge in [-0.25, -0.2) is 4.79 Å². The van der Waals surface area contributed by atoms with Crippen molar-refractivity contribution < 1.29 is 9.53 Å². The molecule has 1 saturated carbocycles. The molecule has 5 nitrogen and oxygen atoms in total. The van der Waals surface area contributed by atoms with Crippen molar-refractivity contribution in [3.05, 3.63) is 0 Å². The lowest BCUT2D eigenvalue weighted by molar-refractivity contribution is 0.0503. The molecular weight excluding hydrogens is 218 g/mol. The molecule has 17 heavy (non-hydrogen) atoms. The second-order valence-corrected chi connectivity index (χ2v) is 5.48. The standard InChI is InChI=1S/C12H21N3O2/c1-8(10(7-13)15-9-5-6-9)14-11(16)17-12(2,3)4/h8-10,15H,5-6H2,1-4H3,(H,14,16). The maximum atomic E-state index is 11.5. The molecule has 0 spiro atoms. The number of nitrogens with one attached hydrogen (secondary N) is 2. The Hall–Kier alpha value is -1.28. The number of carbonyl (C=O) groups is 1. The highest BCUT2D eigenvalue weighted by Crippen LogP contribution is 2.19. The van der Waals surface area contributed by atoms with E-state index in [-0.39, 0.29) is 12.1 Å². The molecule has 1 rings (SSSR count). The van der Waals surface area contributed by atoms with Gasteiger partial charge in [0.05, 0.1) is 12.1 Å². The first-order chi connectivity index (χ1) is 7.81. The van der Waals surface area contributed by atoms with Crippen LogP contribution in [0.2, 0.25) is 0 Å². The summed E-state index contributed by atoms with van der Waals surface area (Å²) in [5.41, 5.74) is -0.518. The Kier molecular flexibility index (Phi) is 4.35. The zero-order chi connectivity index (χ0) is 13.1. The number of amides is 1. The van der Waals surface area contributed by atoms with E-state index in [9.17, 15) is 4.79 Å². The highest BCUT2D eigenvalue weighted by atomic mass is 16.6. The largest absolute Gasteiger partial charge is 0.444 e. The molecule has 2 N–H and O–H groups in total. The monoisotopic (exact) mass is 239 g/mol. The number of nitrogens with zero attached hydrogens (tertiary/aromatic N) is 1. The Morgan fingerprint density at radius 3 is 2.47 bits per heavy atom. The van der Waals surface area contributed by atoms with Crippen molar-refractivity contribution >= 4 is 6.09 Å². The predicted octanol–water partition coefficient (Wildman–Crippen LogP) is 1.54. The van der Waals surface area contributed by atoms with Gasteiger partial charge in [0.1, 0.15) is 11.6 Å². The topological polar surface area (TPSA) is 74.1 Å². The molecule has 2 unspecified atom stereocenters. The summed E-state index contributed by atoms with van der Waals surface area (Å²) in [7, 11) is 0. The summed E-state index contributed by atoms with van der Waals surface area (Å²) in [6.07, 6.45) is 1.73. The summed E-state index contributed by atoms with van der Waals surface area (Å²) in [5.74, 6) is 0. The number of rotatable bonds is 4. The predicted molar refractivity (Wildman–Crippen MR) is 64.4 cm³/mol. The fourth-order valence-corrected chi connectivity index (χ4v) is 1.37. The van der Waals surface area contributed by atoms with Gasteiger partial charge in [-0.3, -0.25) is 5.32 Å². The van der Waals surface area contributed by atoms with Gasteiger partial charge in [-0.2, -0.15) is 5.26 Å². The number of nitriles is 1. The Bertz CT molecular complexity index is 313. The highest BCUT2D eigenvalue weighted by Gasteiger charge is 2.28. The molecule has 0 heterocycles. The van der Waals surface area contributed by atoms with Crippen molar-refractivity contribution in [3.63, 3.8) is 0 Å². The van der Waals surface area contributed by atoms with Crippen LogP contribution in [0.15, 0.2) is 0 Å². The molecule has 1 fully saturated rings. The molecule has 0 aromatic heterocycles. The summed E-state index contributed by atoms with van der Waals surface area (Å²) < 4.78 is 5.14. The van der Waals surface area contributed by atoms with Crippen molar-refractivity contribution in [2.45, 2.75) is 64.3 Å². The van der Waals surface area contributed by atoms with E-state index < -0.39 is 11.7 Å². The molecule has 0 aromatic rings. The van der Waals surface area contributed by atoms with Gasteiger partial charge in [0, 0.05) is 6.04 Å². The average Bonchev–Trinajstić information content (AvgIpc) is 2.93. The van der Waals surface area contributed by atoms with Gasteiger partial charge >= 0.3 is 6.09 Å². The van der Waals surface area contributed by atoms with E-state index in [4.69, 9.17) is 10.00 Å². The fourth-order valence-electron chi connectivity index (χ4n) is 1.37. The summed E-state index contributed by atoms with van der Waals surface area (Å²) in [4.78, 5) is 11.5. The number of carbonyl (C=O) groups excluding carboxylic acids is 1. The van der Waals surface area contributed by atoms with E-state index in [1.807, 2.05) is 20.8 Å². The van der Waals surface area contributed by atoms with Crippen LogP contribution >= 0.6 is 0 Å². The first-order valence-corrected chi connectivity index (χ1v) is 5.97. The van der Waals surface area contributed by atoms with Gasteiger partial charge in [0.15, 0.2) is 0 Å². The lowest BCUT2D eigenvalue weighted by atomic mass is 10.1. The van der Waals surface area contributed by atoms with Crippen LogP contribution in [0, 0.1) is 11.3 Å². The molecule has 0 saturated heterocycles. The quantitative estimate of drug-likeness (QED) is 0.780. The Morgan fingerprint density at radius 2 is 2.06 bits per heavy atom. The van der Waals surface area contributed by atoms with Crippen LogP contribution in [0.4, 0.5) is 4.79 Å². The summed E-state index contributed by atoms with van der Waals surface area (Å²) >= 11 is 0. The zero-order valence-corrected chi connectivity index (χ0v) is 10.9. The Labute approximate surface area is 103 Å². The Balaban J connectivity index is 2.38. The molecule has 0 aromatic carbocycles. The molecule has 0 bridgehead atoms. The van der Waals surface area contributed by atoms with Crippen LogP contribution in [-0.4, -0.2) is 29.8 Å².